The molecular weight excluding hydrogens is 256 g/mol. The van der Waals surface area contributed by atoms with Gasteiger partial charge in [-0.1, -0.05) is 0 Å². The van der Waals surface area contributed by atoms with Crippen LogP contribution in [0, 0.1) is 0 Å². The zero-order chi connectivity index (χ0) is 14.0. The summed E-state index contributed by atoms with van der Waals surface area (Å²) in [5.74, 6) is -0.105. The van der Waals surface area contributed by atoms with Crippen molar-refractivity contribution >= 4 is 23.8 Å². The topological polar surface area (TPSA) is 87.7 Å². The number of rotatable bonds is 9. The molecule has 0 radical (unpaired) electrons. The highest BCUT2D eigenvalue weighted by molar-refractivity contribution is 7.98. The highest BCUT2D eigenvalue weighted by Gasteiger charge is 2.20. The SMILES string of the molecule is COCCC(NC(=O)NC(C)CCSC)C(=O)O. The van der Waals surface area contributed by atoms with Gasteiger partial charge in [-0.05, 0) is 25.4 Å². The number of aliphatic carboxylic acids is 1. The minimum absolute atomic E-state index is 0.0225. The van der Waals surface area contributed by atoms with Crippen molar-refractivity contribution in [2.24, 2.45) is 0 Å². The predicted molar refractivity (Wildman–Crippen MR) is 72.0 cm³/mol. The van der Waals surface area contributed by atoms with E-state index < -0.39 is 18.0 Å². The fourth-order valence-electron chi connectivity index (χ4n) is 1.28. The van der Waals surface area contributed by atoms with Gasteiger partial charge >= 0.3 is 12.0 Å². The van der Waals surface area contributed by atoms with Crippen LogP contribution in [0.1, 0.15) is 19.8 Å². The van der Waals surface area contributed by atoms with Crippen LogP contribution in [-0.4, -0.2) is 54.9 Å². The lowest BCUT2D eigenvalue weighted by Gasteiger charge is -2.18. The molecule has 2 unspecified atom stereocenters. The first-order valence-corrected chi connectivity index (χ1v) is 7.18. The number of urea groups is 1. The number of hydrogen-bond acceptors (Lipinski definition) is 4. The lowest BCUT2D eigenvalue weighted by molar-refractivity contribution is -0.139. The summed E-state index contributed by atoms with van der Waals surface area (Å²) in [4.78, 5) is 22.5. The number of carbonyl (C=O) groups is 2. The number of hydrogen-bond donors (Lipinski definition) is 3. The Balaban J connectivity index is 4.04. The number of ether oxygens (including phenoxy) is 1. The largest absolute Gasteiger partial charge is 0.480 e. The minimum atomic E-state index is -1.06. The Morgan fingerprint density at radius 2 is 2.00 bits per heavy atom. The number of methoxy groups -OCH3 is 1. The number of amides is 2. The van der Waals surface area contributed by atoms with Gasteiger partial charge in [-0.3, -0.25) is 0 Å². The van der Waals surface area contributed by atoms with Crippen LogP contribution >= 0.6 is 11.8 Å². The Kier molecular flexibility index (Phi) is 9.49. The molecule has 7 heteroatoms. The summed E-state index contributed by atoms with van der Waals surface area (Å²) in [6.07, 6.45) is 3.10. The molecule has 0 saturated heterocycles. The van der Waals surface area contributed by atoms with Gasteiger partial charge in [-0.15, -0.1) is 0 Å². The van der Waals surface area contributed by atoms with Gasteiger partial charge in [0.1, 0.15) is 6.04 Å². The van der Waals surface area contributed by atoms with Gasteiger partial charge in [0.25, 0.3) is 0 Å². The number of carbonyl (C=O) groups excluding carboxylic acids is 1. The maximum atomic E-state index is 11.6. The Hall–Kier alpha value is -0.950. The van der Waals surface area contributed by atoms with Gasteiger partial charge in [0.15, 0.2) is 0 Å². The van der Waals surface area contributed by atoms with Gasteiger partial charge in [-0.25, -0.2) is 9.59 Å². The summed E-state index contributed by atoms with van der Waals surface area (Å²) < 4.78 is 4.80. The number of carboxylic acids is 1. The second-order valence-electron chi connectivity index (χ2n) is 3.97. The first-order chi connectivity index (χ1) is 8.51. The lowest BCUT2D eigenvalue weighted by Crippen LogP contribution is -2.48. The van der Waals surface area contributed by atoms with Gasteiger partial charge in [-0.2, -0.15) is 11.8 Å². The van der Waals surface area contributed by atoms with Gasteiger partial charge in [0.05, 0.1) is 0 Å². The molecule has 0 fully saturated rings. The van der Waals surface area contributed by atoms with Crippen molar-refractivity contribution in [3.8, 4) is 0 Å². The summed E-state index contributed by atoms with van der Waals surface area (Å²) in [5.41, 5.74) is 0. The first kappa shape index (κ1) is 17.1. The van der Waals surface area contributed by atoms with E-state index in [2.05, 4.69) is 10.6 Å². The molecule has 0 heterocycles. The van der Waals surface area contributed by atoms with Crippen molar-refractivity contribution in [3.63, 3.8) is 0 Å². The van der Waals surface area contributed by atoms with E-state index >= 15 is 0 Å². The van der Waals surface area contributed by atoms with Gasteiger partial charge in [0, 0.05) is 26.2 Å². The smallest absolute Gasteiger partial charge is 0.326 e. The Bertz CT molecular complexity index is 263. The molecule has 0 bridgehead atoms. The molecule has 0 aliphatic carbocycles. The molecule has 0 aromatic carbocycles. The Labute approximate surface area is 112 Å². The maximum Gasteiger partial charge on any atom is 0.326 e. The zero-order valence-corrected chi connectivity index (χ0v) is 11.9. The summed E-state index contributed by atoms with van der Waals surface area (Å²) in [5, 5.41) is 14.1. The van der Waals surface area contributed by atoms with Crippen LogP contribution in [0.3, 0.4) is 0 Å². The maximum absolute atomic E-state index is 11.6. The van der Waals surface area contributed by atoms with Crippen molar-refractivity contribution in [1.82, 2.24) is 10.6 Å². The van der Waals surface area contributed by atoms with Crippen LogP contribution in [0.15, 0.2) is 0 Å². The second-order valence-corrected chi connectivity index (χ2v) is 4.96. The number of nitrogens with one attached hydrogen (secondary N) is 2. The van der Waals surface area contributed by atoms with Crippen molar-refractivity contribution in [1.29, 1.82) is 0 Å². The molecule has 0 rings (SSSR count). The van der Waals surface area contributed by atoms with Crippen molar-refractivity contribution < 1.29 is 19.4 Å². The van der Waals surface area contributed by atoms with E-state index in [-0.39, 0.29) is 12.5 Å². The molecule has 6 nitrogen and oxygen atoms in total. The Morgan fingerprint density at radius 3 is 2.50 bits per heavy atom. The summed E-state index contributed by atoms with van der Waals surface area (Å²) in [6, 6.07) is -1.35. The van der Waals surface area contributed by atoms with Crippen LogP contribution in [0.25, 0.3) is 0 Å². The number of carboxylic acid groups (broad SMARTS) is 1. The molecule has 2 amide bonds. The van der Waals surface area contributed by atoms with Crippen LogP contribution in [-0.2, 0) is 9.53 Å². The zero-order valence-electron chi connectivity index (χ0n) is 11.1. The Morgan fingerprint density at radius 1 is 1.33 bits per heavy atom. The fourth-order valence-corrected chi connectivity index (χ4v) is 1.87. The third kappa shape index (κ3) is 8.19. The molecule has 0 aromatic heterocycles. The first-order valence-electron chi connectivity index (χ1n) is 5.79. The van der Waals surface area contributed by atoms with E-state index in [9.17, 15) is 9.59 Å². The number of thioether (sulfide) groups is 1. The predicted octanol–water partition coefficient (Wildman–Crippen LogP) is 0.917. The van der Waals surface area contributed by atoms with Crippen molar-refractivity contribution in [3.05, 3.63) is 0 Å². The van der Waals surface area contributed by atoms with E-state index in [4.69, 9.17) is 9.84 Å². The molecule has 18 heavy (non-hydrogen) atoms. The fraction of sp³-hybridized carbons (Fsp3) is 0.818. The lowest BCUT2D eigenvalue weighted by atomic mass is 10.2. The minimum Gasteiger partial charge on any atom is -0.480 e. The molecule has 0 saturated carbocycles. The summed E-state index contributed by atoms with van der Waals surface area (Å²) >= 11 is 1.70. The average molecular weight is 278 g/mol. The van der Waals surface area contributed by atoms with Crippen LogP contribution in [0.2, 0.25) is 0 Å². The molecule has 0 aliphatic rings. The standard InChI is InChI=1S/C11H22N2O4S/c1-8(5-7-18-3)12-11(16)13-9(10(14)15)4-6-17-2/h8-9H,4-7H2,1-3H3,(H,14,15)(H2,12,13,16). The molecular formula is C11H22N2O4S. The highest BCUT2D eigenvalue weighted by atomic mass is 32.2. The van der Waals surface area contributed by atoms with E-state index in [1.807, 2.05) is 13.2 Å². The van der Waals surface area contributed by atoms with Crippen LogP contribution in [0.4, 0.5) is 4.79 Å². The summed E-state index contributed by atoms with van der Waals surface area (Å²) in [6.45, 7) is 2.18. The van der Waals surface area contributed by atoms with E-state index in [1.54, 1.807) is 11.8 Å². The van der Waals surface area contributed by atoms with Crippen LogP contribution < -0.4 is 10.6 Å². The normalized spacial score (nSPS) is 13.7. The van der Waals surface area contributed by atoms with Crippen molar-refractivity contribution in [2.45, 2.75) is 31.8 Å². The van der Waals surface area contributed by atoms with Gasteiger partial charge in [0.2, 0.25) is 0 Å². The quantitative estimate of drug-likeness (QED) is 0.583. The van der Waals surface area contributed by atoms with Crippen molar-refractivity contribution in [2.75, 3.05) is 25.7 Å². The molecule has 0 spiro atoms. The van der Waals surface area contributed by atoms with E-state index in [0.717, 1.165) is 12.2 Å². The molecule has 0 aliphatic heterocycles. The van der Waals surface area contributed by atoms with E-state index in [1.165, 1.54) is 7.11 Å². The summed E-state index contributed by atoms with van der Waals surface area (Å²) in [7, 11) is 1.49. The average Bonchev–Trinajstić information content (AvgIpc) is 2.31. The third-order valence-electron chi connectivity index (χ3n) is 2.35. The van der Waals surface area contributed by atoms with E-state index in [0.29, 0.717) is 6.61 Å². The highest BCUT2D eigenvalue weighted by Crippen LogP contribution is 2.00. The second kappa shape index (κ2) is 10.0. The molecule has 2 atom stereocenters. The van der Waals surface area contributed by atoms with Gasteiger partial charge < -0.3 is 20.5 Å². The monoisotopic (exact) mass is 278 g/mol. The third-order valence-corrected chi connectivity index (χ3v) is 2.99. The molecule has 0 aromatic rings. The molecule has 3 N–H and O–H groups in total. The molecule has 106 valence electrons. The van der Waals surface area contributed by atoms with Crippen LogP contribution in [0.5, 0.6) is 0 Å².